The van der Waals surface area contributed by atoms with Crippen LogP contribution in [0.5, 0.6) is 0 Å². The zero-order valence-electron chi connectivity index (χ0n) is 19.5. The van der Waals surface area contributed by atoms with Crippen LogP contribution in [-0.2, 0) is 25.7 Å². The number of esters is 1. The Hall–Kier alpha value is -3.44. The van der Waals surface area contributed by atoms with Crippen molar-refractivity contribution in [1.29, 1.82) is 0 Å². The fourth-order valence-electron chi connectivity index (χ4n) is 4.68. The fourth-order valence-corrected chi connectivity index (χ4v) is 4.68. The van der Waals surface area contributed by atoms with Crippen LogP contribution >= 0.6 is 0 Å². The summed E-state index contributed by atoms with van der Waals surface area (Å²) >= 11 is 0. The van der Waals surface area contributed by atoms with E-state index in [4.69, 9.17) is 9.47 Å². The molecule has 1 saturated heterocycles. The lowest BCUT2D eigenvalue weighted by Gasteiger charge is -2.28. The highest BCUT2D eigenvalue weighted by Gasteiger charge is 2.42. The van der Waals surface area contributed by atoms with Gasteiger partial charge in [-0.25, -0.2) is 4.79 Å². The molecule has 3 aromatic carbocycles. The van der Waals surface area contributed by atoms with E-state index < -0.39 is 12.0 Å². The van der Waals surface area contributed by atoms with E-state index >= 15 is 0 Å². The van der Waals surface area contributed by atoms with Crippen molar-refractivity contribution in [2.45, 2.75) is 31.4 Å². The minimum absolute atomic E-state index is 0.0690. The third kappa shape index (κ3) is 5.72. The summed E-state index contributed by atoms with van der Waals surface area (Å²) in [5.74, 6) is -0.722. The molecular formula is C29H31NO4. The minimum atomic E-state index is -0.577. The van der Waals surface area contributed by atoms with Gasteiger partial charge >= 0.3 is 5.97 Å². The number of amides is 1. The van der Waals surface area contributed by atoms with E-state index in [1.165, 1.54) is 7.11 Å². The van der Waals surface area contributed by atoms with Crippen molar-refractivity contribution in [2.75, 3.05) is 20.3 Å². The molecule has 2 atom stereocenters. The number of ether oxygens (including phenoxy) is 2. The second kappa shape index (κ2) is 11.6. The predicted molar refractivity (Wildman–Crippen MR) is 131 cm³/mol. The van der Waals surface area contributed by atoms with Crippen LogP contribution in [0.3, 0.4) is 0 Å². The summed E-state index contributed by atoms with van der Waals surface area (Å²) in [6.07, 6.45) is 1.37. The van der Waals surface area contributed by atoms with Gasteiger partial charge in [0.15, 0.2) is 0 Å². The van der Waals surface area contributed by atoms with Gasteiger partial charge in [-0.15, -0.1) is 0 Å². The molecule has 1 heterocycles. The second-order valence-corrected chi connectivity index (χ2v) is 8.71. The SMILES string of the molecule is COC(=O)[C@@H]1C[C@H](CCOCc2ccccc2)CN1C(=O)C(c1ccccc1)c1ccccc1. The number of hydrogen-bond acceptors (Lipinski definition) is 4. The predicted octanol–water partition coefficient (Wildman–Crippen LogP) is 4.82. The number of carbonyl (C=O) groups excluding carboxylic acids is 2. The molecule has 0 bridgehead atoms. The molecule has 0 aliphatic carbocycles. The van der Waals surface area contributed by atoms with Crippen molar-refractivity contribution in [2.24, 2.45) is 5.92 Å². The summed E-state index contributed by atoms with van der Waals surface area (Å²) in [4.78, 5) is 28.3. The fraction of sp³-hybridized carbons (Fsp3) is 0.310. The van der Waals surface area contributed by atoms with Gasteiger partial charge < -0.3 is 14.4 Å². The normalized spacial score (nSPS) is 17.6. The van der Waals surface area contributed by atoms with E-state index in [1.54, 1.807) is 4.90 Å². The monoisotopic (exact) mass is 457 g/mol. The Balaban J connectivity index is 1.48. The van der Waals surface area contributed by atoms with Gasteiger partial charge in [-0.05, 0) is 35.4 Å². The molecule has 1 aliphatic heterocycles. The zero-order chi connectivity index (χ0) is 23.8. The van der Waals surface area contributed by atoms with Gasteiger partial charge in [0.25, 0.3) is 0 Å². The van der Waals surface area contributed by atoms with Crippen molar-refractivity contribution >= 4 is 11.9 Å². The summed E-state index contributed by atoms with van der Waals surface area (Å²) in [5.41, 5.74) is 2.96. The van der Waals surface area contributed by atoms with Crippen molar-refractivity contribution in [3.8, 4) is 0 Å². The summed E-state index contributed by atoms with van der Waals surface area (Å²) in [5, 5.41) is 0. The van der Waals surface area contributed by atoms with Crippen LogP contribution in [0.25, 0.3) is 0 Å². The Labute approximate surface area is 201 Å². The Morgan fingerprint density at radius 3 is 2.00 bits per heavy atom. The number of rotatable bonds is 9. The second-order valence-electron chi connectivity index (χ2n) is 8.71. The number of benzene rings is 3. The van der Waals surface area contributed by atoms with E-state index in [1.807, 2.05) is 91.0 Å². The molecule has 176 valence electrons. The Kier molecular flexibility index (Phi) is 8.10. The van der Waals surface area contributed by atoms with E-state index in [-0.39, 0.29) is 17.8 Å². The van der Waals surface area contributed by atoms with E-state index in [0.717, 1.165) is 23.1 Å². The topological polar surface area (TPSA) is 55.8 Å². The molecule has 0 spiro atoms. The van der Waals surface area contributed by atoms with Crippen LogP contribution in [0.4, 0.5) is 0 Å². The van der Waals surface area contributed by atoms with Crippen molar-refractivity contribution in [3.63, 3.8) is 0 Å². The lowest BCUT2D eigenvalue weighted by atomic mass is 9.90. The van der Waals surface area contributed by atoms with Gasteiger partial charge in [-0.1, -0.05) is 91.0 Å². The first-order valence-corrected chi connectivity index (χ1v) is 11.8. The highest BCUT2D eigenvalue weighted by Crippen LogP contribution is 2.33. The molecule has 4 rings (SSSR count). The molecule has 1 fully saturated rings. The van der Waals surface area contributed by atoms with Gasteiger partial charge in [-0.3, -0.25) is 4.79 Å². The number of carbonyl (C=O) groups is 2. The molecule has 3 aromatic rings. The lowest BCUT2D eigenvalue weighted by Crippen LogP contribution is -2.43. The molecule has 0 saturated carbocycles. The first-order valence-electron chi connectivity index (χ1n) is 11.8. The van der Waals surface area contributed by atoms with Gasteiger partial charge in [0.2, 0.25) is 5.91 Å². The maximum absolute atomic E-state index is 13.9. The van der Waals surface area contributed by atoms with Crippen LogP contribution in [0.15, 0.2) is 91.0 Å². The number of hydrogen-bond donors (Lipinski definition) is 0. The van der Waals surface area contributed by atoms with Crippen molar-refractivity contribution in [1.82, 2.24) is 4.90 Å². The summed E-state index contributed by atoms with van der Waals surface area (Å²) in [6, 6.07) is 29.0. The number of nitrogens with zero attached hydrogens (tertiary/aromatic N) is 1. The smallest absolute Gasteiger partial charge is 0.328 e. The molecule has 0 N–H and O–H groups in total. The largest absolute Gasteiger partial charge is 0.467 e. The molecule has 1 aliphatic rings. The third-order valence-electron chi connectivity index (χ3n) is 6.44. The maximum Gasteiger partial charge on any atom is 0.328 e. The van der Waals surface area contributed by atoms with Gasteiger partial charge in [0.1, 0.15) is 6.04 Å². The zero-order valence-corrected chi connectivity index (χ0v) is 19.5. The summed E-state index contributed by atoms with van der Waals surface area (Å²) in [7, 11) is 1.38. The third-order valence-corrected chi connectivity index (χ3v) is 6.44. The van der Waals surface area contributed by atoms with E-state index in [9.17, 15) is 9.59 Å². The van der Waals surface area contributed by atoms with Crippen LogP contribution in [-0.4, -0.2) is 43.1 Å². The van der Waals surface area contributed by atoms with Crippen LogP contribution < -0.4 is 0 Å². The molecule has 5 nitrogen and oxygen atoms in total. The molecular weight excluding hydrogens is 426 g/mol. The highest BCUT2D eigenvalue weighted by atomic mass is 16.5. The highest BCUT2D eigenvalue weighted by molar-refractivity contribution is 5.91. The first kappa shape index (κ1) is 23.7. The quantitative estimate of drug-likeness (QED) is 0.342. The average Bonchev–Trinajstić information content (AvgIpc) is 3.32. The van der Waals surface area contributed by atoms with Crippen molar-refractivity contribution in [3.05, 3.63) is 108 Å². The maximum atomic E-state index is 13.9. The molecule has 1 amide bonds. The lowest BCUT2D eigenvalue weighted by molar-refractivity contribution is -0.151. The standard InChI is InChI=1S/C29H31NO4/c1-33-29(32)26-19-23(17-18-34-21-22-11-5-2-6-12-22)20-30(26)28(31)27(24-13-7-3-8-14-24)25-15-9-4-10-16-25/h2-16,23,26-27H,17-21H2,1H3/t23-,26-/m0/s1. The van der Waals surface area contributed by atoms with E-state index in [2.05, 4.69) is 0 Å². The molecule has 5 heteroatoms. The first-order chi connectivity index (χ1) is 16.7. The van der Waals surface area contributed by atoms with Crippen LogP contribution in [0.2, 0.25) is 0 Å². The van der Waals surface area contributed by atoms with Crippen LogP contribution in [0.1, 0.15) is 35.4 Å². The summed E-state index contributed by atoms with van der Waals surface area (Å²) < 4.78 is 10.9. The number of methoxy groups -OCH3 is 1. The van der Waals surface area contributed by atoms with Gasteiger partial charge in [0, 0.05) is 13.2 Å². The molecule has 34 heavy (non-hydrogen) atoms. The molecule has 0 unspecified atom stereocenters. The number of likely N-dealkylation sites (tertiary alicyclic amines) is 1. The molecule has 0 radical (unpaired) electrons. The Bertz CT molecular complexity index is 1020. The molecule has 0 aromatic heterocycles. The summed E-state index contributed by atoms with van der Waals surface area (Å²) in [6.45, 7) is 1.65. The Morgan fingerprint density at radius 2 is 1.44 bits per heavy atom. The van der Waals surface area contributed by atoms with Crippen LogP contribution in [0, 0.1) is 5.92 Å². The van der Waals surface area contributed by atoms with Crippen molar-refractivity contribution < 1.29 is 19.1 Å². The Morgan fingerprint density at radius 1 is 0.882 bits per heavy atom. The van der Waals surface area contributed by atoms with Gasteiger partial charge in [0.05, 0.1) is 19.6 Å². The average molecular weight is 458 g/mol. The van der Waals surface area contributed by atoms with E-state index in [0.29, 0.717) is 26.2 Å². The minimum Gasteiger partial charge on any atom is -0.467 e. The van der Waals surface area contributed by atoms with Gasteiger partial charge in [-0.2, -0.15) is 0 Å².